The fourth-order valence-corrected chi connectivity index (χ4v) is 3.39. The highest BCUT2D eigenvalue weighted by Gasteiger charge is 2.09. The Morgan fingerprint density at radius 2 is 1.82 bits per heavy atom. The average molecular weight is 372 g/mol. The van der Waals surface area contributed by atoms with Crippen molar-refractivity contribution in [1.82, 2.24) is 20.4 Å². The SMILES string of the molecule is CCn1c2ccccc2c2cc(/C=C/C(=O)NNC(=O)c3ccc[nH]3)ccc21. The summed E-state index contributed by atoms with van der Waals surface area (Å²) in [6.45, 7) is 3.02. The van der Waals surface area contributed by atoms with Gasteiger partial charge in [0.15, 0.2) is 0 Å². The molecule has 0 spiro atoms. The first-order valence-corrected chi connectivity index (χ1v) is 9.10. The van der Waals surface area contributed by atoms with Crippen molar-refractivity contribution in [3.05, 3.63) is 78.1 Å². The van der Waals surface area contributed by atoms with Crippen LogP contribution in [0.15, 0.2) is 66.9 Å². The molecule has 0 saturated carbocycles. The molecule has 2 heterocycles. The minimum Gasteiger partial charge on any atom is -0.357 e. The number of fused-ring (bicyclic) bond motifs is 3. The zero-order valence-electron chi connectivity index (χ0n) is 15.4. The summed E-state index contributed by atoms with van der Waals surface area (Å²) in [5.41, 5.74) is 8.39. The lowest BCUT2D eigenvalue weighted by atomic mass is 10.1. The summed E-state index contributed by atoms with van der Waals surface area (Å²) in [6.07, 6.45) is 4.77. The van der Waals surface area contributed by atoms with Gasteiger partial charge >= 0.3 is 0 Å². The van der Waals surface area contributed by atoms with Gasteiger partial charge in [-0.2, -0.15) is 0 Å². The van der Waals surface area contributed by atoms with Crippen molar-refractivity contribution in [2.45, 2.75) is 13.5 Å². The molecule has 2 amide bonds. The largest absolute Gasteiger partial charge is 0.357 e. The molecule has 3 N–H and O–H groups in total. The lowest BCUT2D eigenvalue weighted by Gasteiger charge is -2.04. The van der Waals surface area contributed by atoms with Crippen molar-refractivity contribution >= 4 is 39.7 Å². The number of hydrogen-bond donors (Lipinski definition) is 3. The minimum atomic E-state index is -0.406. The van der Waals surface area contributed by atoms with Crippen molar-refractivity contribution in [3.8, 4) is 0 Å². The maximum absolute atomic E-state index is 12.0. The molecule has 4 aromatic rings. The predicted octanol–water partition coefficient (Wildman–Crippen LogP) is 3.62. The zero-order chi connectivity index (χ0) is 19.5. The number of carbonyl (C=O) groups is 2. The number of rotatable bonds is 4. The van der Waals surface area contributed by atoms with Crippen LogP contribution in [0.2, 0.25) is 0 Å². The van der Waals surface area contributed by atoms with Gasteiger partial charge < -0.3 is 9.55 Å². The van der Waals surface area contributed by atoms with E-state index in [1.54, 1.807) is 24.4 Å². The summed E-state index contributed by atoms with van der Waals surface area (Å²) < 4.78 is 2.28. The molecule has 140 valence electrons. The van der Waals surface area contributed by atoms with Gasteiger partial charge in [-0.25, -0.2) is 0 Å². The molecule has 2 aromatic carbocycles. The van der Waals surface area contributed by atoms with E-state index in [1.807, 2.05) is 18.2 Å². The molecule has 0 radical (unpaired) electrons. The molecule has 2 aromatic heterocycles. The van der Waals surface area contributed by atoms with Crippen LogP contribution in [-0.4, -0.2) is 21.4 Å². The Bertz CT molecular complexity index is 1190. The van der Waals surface area contributed by atoms with E-state index < -0.39 is 11.8 Å². The van der Waals surface area contributed by atoms with E-state index in [1.165, 1.54) is 22.5 Å². The second kappa shape index (κ2) is 7.44. The highest BCUT2D eigenvalue weighted by molar-refractivity contribution is 6.08. The van der Waals surface area contributed by atoms with Gasteiger partial charge in [-0.15, -0.1) is 0 Å². The standard InChI is InChI=1S/C22H20N4O2/c1-2-26-19-8-4-3-6-16(19)17-14-15(9-11-20(17)26)10-12-21(27)24-25-22(28)18-7-5-13-23-18/h3-14,23H,2H2,1H3,(H,24,27)(H,25,28)/b12-10+. The molecule has 0 aliphatic rings. The third-order valence-corrected chi connectivity index (χ3v) is 4.68. The third-order valence-electron chi connectivity index (χ3n) is 4.68. The molecule has 0 bridgehead atoms. The van der Waals surface area contributed by atoms with Gasteiger partial charge in [0.05, 0.1) is 0 Å². The summed E-state index contributed by atoms with van der Waals surface area (Å²) >= 11 is 0. The van der Waals surface area contributed by atoms with Crippen LogP contribution in [0, 0.1) is 0 Å². The molecule has 0 aliphatic heterocycles. The molecule has 6 nitrogen and oxygen atoms in total. The smallest absolute Gasteiger partial charge is 0.286 e. The highest BCUT2D eigenvalue weighted by Crippen LogP contribution is 2.29. The van der Waals surface area contributed by atoms with Crippen molar-refractivity contribution < 1.29 is 9.59 Å². The number of para-hydroxylation sites is 1. The van der Waals surface area contributed by atoms with E-state index in [9.17, 15) is 9.59 Å². The van der Waals surface area contributed by atoms with Crippen LogP contribution in [0.4, 0.5) is 0 Å². The van der Waals surface area contributed by atoms with Crippen LogP contribution in [0.3, 0.4) is 0 Å². The predicted molar refractivity (Wildman–Crippen MR) is 111 cm³/mol. The second-order valence-electron chi connectivity index (χ2n) is 6.40. The van der Waals surface area contributed by atoms with Crippen LogP contribution in [0.25, 0.3) is 27.9 Å². The number of aromatic nitrogens is 2. The second-order valence-corrected chi connectivity index (χ2v) is 6.40. The van der Waals surface area contributed by atoms with Crippen LogP contribution < -0.4 is 10.9 Å². The highest BCUT2D eigenvalue weighted by atomic mass is 16.2. The van der Waals surface area contributed by atoms with Crippen molar-refractivity contribution in [1.29, 1.82) is 0 Å². The van der Waals surface area contributed by atoms with Gasteiger partial charge in [0, 0.05) is 40.6 Å². The third kappa shape index (κ3) is 3.27. The molecule has 0 aliphatic carbocycles. The molecule has 0 saturated heterocycles. The number of nitrogens with one attached hydrogen (secondary N) is 3. The molecule has 4 rings (SSSR count). The van der Waals surface area contributed by atoms with Gasteiger partial charge in [-0.05, 0) is 48.9 Å². The minimum absolute atomic E-state index is 0.377. The number of amides is 2. The number of hydrogen-bond acceptors (Lipinski definition) is 2. The molecule has 0 unspecified atom stereocenters. The van der Waals surface area contributed by atoms with Gasteiger partial charge in [-0.1, -0.05) is 24.3 Å². The number of aryl methyl sites for hydroxylation is 1. The van der Waals surface area contributed by atoms with Gasteiger partial charge in [-0.3, -0.25) is 20.4 Å². The molecule has 0 atom stereocenters. The number of carbonyl (C=O) groups excluding carboxylic acids is 2. The summed E-state index contributed by atoms with van der Waals surface area (Å²) in [5.74, 6) is -0.809. The maximum atomic E-state index is 12.0. The fraction of sp³-hybridized carbons (Fsp3) is 0.0909. The van der Waals surface area contributed by atoms with E-state index in [4.69, 9.17) is 0 Å². The quantitative estimate of drug-likeness (QED) is 0.378. The number of H-pyrrole nitrogens is 1. The zero-order valence-corrected chi connectivity index (χ0v) is 15.4. The molecular formula is C22H20N4O2. The Hall–Kier alpha value is -3.80. The van der Waals surface area contributed by atoms with Crippen molar-refractivity contribution in [3.63, 3.8) is 0 Å². The summed E-state index contributed by atoms with van der Waals surface area (Å²) in [6, 6.07) is 17.8. The topological polar surface area (TPSA) is 78.9 Å². The Balaban J connectivity index is 1.52. The molecule has 0 fully saturated rings. The van der Waals surface area contributed by atoms with Crippen LogP contribution >= 0.6 is 0 Å². The van der Waals surface area contributed by atoms with Crippen LogP contribution in [0.5, 0.6) is 0 Å². The average Bonchev–Trinajstić information content (AvgIpc) is 3.36. The van der Waals surface area contributed by atoms with Gasteiger partial charge in [0.25, 0.3) is 11.8 Å². The number of benzene rings is 2. The van der Waals surface area contributed by atoms with E-state index in [0.717, 1.165) is 17.5 Å². The summed E-state index contributed by atoms with van der Waals surface area (Å²) in [5, 5.41) is 2.34. The molecular weight excluding hydrogens is 352 g/mol. The Kier molecular flexibility index (Phi) is 4.68. The molecule has 28 heavy (non-hydrogen) atoms. The van der Waals surface area contributed by atoms with Crippen molar-refractivity contribution in [2.75, 3.05) is 0 Å². The summed E-state index contributed by atoms with van der Waals surface area (Å²) in [4.78, 5) is 26.6. The number of aromatic amines is 1. The Labute approximate surface area is 161 Å². The fourth-order valence-electron chi connectivity index (χ4n) is 3.39. The summed E-state index contributed by atoms with van der Waals surface area (Å²) in [7, 11) is 0. The van der Waals surface area contributed by atoms with Gasteiger partial charge in [0.2, 0.25) is 0 Å². The van der Waals surface area contributed by atoms with E-state index in [0.29, 0.717) is 5.69 Å². The number of hydrazine groups is 1. The lowest BCUT2D eigenvalue weighted by molar-refractivity contribution is -0.117. The first-order valence-electron chi connectivity index (χ1n) is 9.10. The van der Waals surface area contributed by atoms with E-state index in [-0.39, 0.29) is 0 Å². The first kappa shape index (κ1) is 17.6. The Morgan fingerprint density at radius 1 is 1.00 bits per heavy atom. The lowest BCUT2D eigenvalue weighted by Crippen LogP contribution is -2.40. The van der Waals surface area contributed by atoms with E-state index in [2.05, 4.69) is 51.6 Å². The van der Waals surface area contributed by atoms with Gasteiger partial charge in [0.1, 0.15) is 5.69 Å². The normalized spacial score (nSPS) is 11.3. The Morgan fingerprint density at radius 3 is 2.61 bits per heavy atom. The maximum Gasteiger partial charge on any atom is 0.286 e. The van der Waals surface area contributed by atoms with Crippen LogP contribution in [-0.2, 0) is 11.3 Å². The molecule has 6 heteroatoms. The number of nitrogens with zero attached hydrogens (tertiary/aromatic N) is 1. The van der Waals surface area contributed by atoms with Crippen LogP contribution in [0.1, 0.15) is 23.0 Å². The van der Waals surface area contributed by atoms with E-state index >= 15 is 0 Å². The first-order chi connectivity index (χ1) is 13.7. The van der Waals surface area contributed by atoms with Crippen molar-refractivity contribution in [2.24, 2.45) is 0 Å². The monoisotopic (exact) mass is 372 g/mol.